The van der Waals surface area contributed by atoms with Gasteiger partial charge in [-0.05, 0) is 42.3 Å². The number of benzene rings is 2. The third-order valence-electron chi connectivity index (χ3n) is 5.30. The summed E-state index contributed by atoms with van der Waals surface area (Å²) < 4.78 is 10.9. The topological polar surface area (TPSA) is 97.0 Å². The molecule has 2 aromatic heterocycles. The number of nitrogens with one attached hydrogen (secondary N) is 3. The van der Waals surface area contributed by atoms with Gasteiger partial charge in [0.2, 0.25) is 5.95 Å². The van der Waals surface area contributed by atoms with Crippen LogP contribution in [0.15, 0.2) is 54.9 Å². The van der Waals surface area contributed by atoms with E-state index in [2.05, 4.69) is 43.6 Å². The lowest BCUT2D eigenvalue weighted by Crippen LogP contribution is -2.40. The van der Waals surface area contributed by atoms with E-state index in [1.54, 1.807) is 0 Å². The second-order valence-corrected chi connectivity index (χ2v) is 8.09. The molecule has 0 saturated carbocycles. The minimum Gasteiger partial charge on any atom is -0.424 e. The molecule has 1 unspecified atom stereocenters. The Morgan fingerprint density at radius 1 is 1.16 bits per heavy atom. The van der Waals surface area contributed by atoms with Crippen LogP contribution < -0.4 is 15.4 Å². The maximum absolute atomic E-state index is 5.81. The molecule has 1 fully saturated rings. The van der Waals surface area contributed by atoms with Crippen molar-refractivity contribution in [1.82, 2.24) is 19.9 Å². The average Bonchev–Trinajstić information content (AvgIpc) is 3.18. The summed E-state index contributed by atoms with van der Waals surface area (Å²) in [7, 11) is 0. The molecule has 4 aromatic rings. The van der Waals surface area contributed by atoms with Crippen molar-refractivity contribution in [3.8, 4) is 11.8 Å². The number of ether oxygens (including phenoxy) is 2. The molecule has 1 atom stereocenters. The summed E-state index contributed by atoms with van der Waals surface area (Å²) in [5, 5.41) is 7.44. The van der Waals surface area contributed by atoms with Gasteiger partial charge in [0.25, 0.3) is 0 Å². The molecule has 3 N–H and O–H groups in total. The van der Waals surface area contributed by atoms with Crippen molar-refractivity contribution in [1.29, 1.82) is 0 Å². The van der Waals surface area contributed by atoms with Crippen molar-refractivity contribution in [2.45, 2.75) is 25.4 Å². The van der Waals surface area contributed by atoms with Gasteiger partial charge in [-0.1, -0.05) is 30.7 Å². The summed E-state index contributed by atoms with van der Waals surface area (Å²) in [5.41, 5.74) is 4.10. The van der Waals surface area contributed by atoms with Crippen LogP contribution in [0, 0.1) is 0 Å². The maximum atomic E-state index is 5.81. The van der Waals surface area contributed by atoms with E-state index in [0.29, 0.717) is 16.8 Å². The molecule has 2 aromatic carbocycles. The molecular formula is C23H23ClN6O2. The molecule has 0 amide bonds. The summed E-state index contributed by atoms with van der Waals surface area (Å²) in [6, 6.07) is 14.7. The molecule has 1 aliphatic heterocycles. The van der Waals surface area contributed by atoms with Gasteiger partial charge in [0.1, 0.15) is 5.75 Å². The predicted octanol–water partition coefficient (Wildman–Crippen LogP) is 5.17. The highest BCUT2D eigenvalue weighted by Crippen LogP contribution is 2.27. The van der Waals surface area contributed by atoms with E-state index in [0.717, 1.165) is 47.9 Å². The Morgan fingerprint density at radius 3 is 2.62 bits per heavy atom. The first-order valence-corrected chi connectivity index (χ1v) is 10.9. The van der Waals surface area contributed by atoms with Crippen LogP contribution in [-0.2, 0) is 4.74 Å². The molecule has 32 heavy (non-hydrogen) atoms. The van der Waals surface area contributed by atoms with Crippen molar-refractivity contribution in [3.05, 3.63) is 65.4 Å². The van der Waals surface area contributed by atoms with Gasteiger partial charge in [-0.15, -0.1) is 0 Å². The standard InChI is InChI=1S/C23H23ClN6O2/c1-2-19(14-3-6-18(7-4-14)32-23-25-10-15(24)11-26-23)28-22-29-20-8-5-16(9-21(20)30-22)27-17-12-31-13-17/h3-11,17,19,27H,2,12-13H2,1H3,(H2,28,29,30). The number of rotatable bonds is 8. The van der Waals surface area contributed by atoms with Gasteiger partial charge >= 0.3 is 6.01 Å². The number of aromatic nitrogens is 4. The lowest BCUT2D eigenvalue weighted by atomic mass is 10.0. The van der Waals surface area contributed by atoms with Gasteiger partial charge in [0.05, 0.1) is 53.7 Å². The Kier molecular flexibility index (Phi) is 5.79. The second-order valence-electron chi connectivity index (χ2n) is 7.66. The first kappa shape index (κ1) is 20.5. The number of hydrogen-bond acceptors (Lipinski definition) is 7. The van der Waals surface area contributed by atoms with Crippen molar-refractivity contribution in [2.24, 2.45) is 0 Å². The molecule has 164 valence electrons. The normalized spacial score (nSPS) is 14.7. The highest BCUT2D eigenvalue weighted by atomic mass is 35.5. The maximum Gasteiger partial charge on any atom is 0.321 e. The zero-order valence-electron chi connectivity index (χ0n) is 17.5. The number of halogens is 1. The molecule has 0 radical (unpaired) electrons. The number of hydrogen-bond donors (Lipinski definition) is 3. The number of H-pyrrole nitrogens is 1. The van der Waals surface area contributed by atoms with Crippen LogP contribution >= 0.6 is 11.6 Å². The van der Waals surface area contributed by atoms with Gasteiger partial charge in [0.15, 0.2) is 0 Å². The van der Waals surface area contributed by atoms with Gasteiger partial charge in [-0.2, -0.15) is 0 Å². The van der Waals surface area contributed by atoms with Crippen LogP contribution in [0.5, 0.6) is 11.8 Å². The molecule has 3 heterocycles. The van der Waals surface area contributed by atoms with Gasteiger partial charge in [0, 0.05) is 5.69 Å². The van der Waals surface area contributed by atoms with Crippen LogP contribution in [0.3, 0.4) is 0 Å². The summed E-state index contributed by atoms with van der Waals surface area (Å²) in [6.07, 6.45) is 3.90. The Balaban J connectivity index is 1.27. The Hall–Kier alpha value is -3.36. The highest BCUT2D eigenvalue weighted by Gasteiger charge is 2.18. The third kappa shape index (κ3) is 4.61. The number of imidazole rings is 1. The lowest BCUT2D eigenvalue weighted by molar-refractivity contribution is 0.0211. The van der Waals surface area contributed by atoms with Crippen LogP contribution in [0.2, 0.25) is 5.02 Å². The van der Waals surface area contributed by atoms with E-state index >= 15 is 0 Å². The predicted molar refractivity (Wildman–Crippen MR) is 125 cm³/mol. The molecule has 1 saturated heterocycles. The number of fused-ring (bicyclic) bond motifs is 1. The van der Waals surface area contributed by atoms with Crippen LogP contribution in [0.25, 0.3) is 11.0 Å². The fourth-order valence-corrected chi connectivity index (χ4v) is 3.63. The lowest BCUT2D eigenvalue weighted by Gasteiger charge is -2.27. The quantitative estimate of drug-likeness (QED) is 0.340. The monoisotopic (exact) mass is 450 g/mol. The van der Waals surface area contributed by atoms with E-state index in [1.165, 1.54) is 12.4 Å². The minimum atomic E-state index is 0.0983. The summed E-state index contributed by atoms with van der Waals surface area (Å²) in [5.74, 6) is 1.40. The van der Waals surface area contributed by atoms with E-state index in [1.807, 2.05) is 36.4 Å². The summed E-state index contributed by atoms with van der Waals surface area (Å²) in [4.78, 5) is 16.2. The van der Waals surface area contributed by atoms with Crippen LogP contribution in [0.1, 0.15) is 24.9 Å². The second kappa shape index (κ2) is 9.02. The Labute approximate surface area is 190 Å². The minimum absolute atomic E-state index is 0.0983. The number of aromatic amines is 1. The Morgan fingerprint density at radius 2 is 1.94 bits per heavy atom. The van der Waals surface area contributed by atoms with Crippen LogP contribution in [-0.4, -0.2) is 39.2 Å². The summed E-state index contributed by atoms with van der Waals surface area (Å²) >= 11 is 5.81. The molecule has 0 spiro atoms. The molecular weight excluding hydrogens is 428 g/mol. The molecule has 1 aliphatic rings. The van der Waals surface area contributed by atoms with Gasteiger partial charge < -0.3 is 25.1 Å². The van der Waals surface area contributed by atoms with E-state index in [-0.39, 0.29) is 12.1 Å². The summed E-state index contributed by atoms with van der Waals surface area (Å²) in [6.45, 7) is 3.64. The molecule has 9 heteroatoms. The zero-order valence-corrected chi connectivity index (χ0v) is 18.3. The van der Waals surface area contributed by atoms with Gasteiger partial charge in [-0.3, -0.25) is 0 Å². The average molecular weight is 451 g/mol. The molecule has 8 nitrogen and oxygen atoms in total. The highest BCUT2D eigenvalue weighted by molar-refractivity contribution is 6.30. The van der Waals surface area contributed by atoms with Gasteiger partial charge in [-0.25, -0.2) is 15.0 Å². The molecule has 5 rings (SSSR count). The van der Waals surface area contributed by atoms with Crippen molar-refractivity contribution in [3.63, 3.8) is 0 Å². The smallest absolute Gasteiger partial charge is 0.321 e. The number of anilines is 2. The fourth-order valence-electron chi connectivity index (χ4n) is 3.54. The SMILES string of the molecule is CCC(Nc1nc2ccc(NC3COC3)cc2[nH]1)c1ccc(Oc2ncc(Cl)cn2)cc1. The fraction of sp³-hybridized carbons (Fsp3) is 0.261. The first-order chi connectivity index (χ1) is 15.7. The zero-order chi connectivity index (χ0) is 21.9. The van der Waals surface area contributed by atoms with Crippen LogP contribution in [0.4, 0.5) is 11.6 Å². The van der Waals surface area contributed by atoms with E-state index in [9.17, 15) is 0 Å². The molecule has 0 aliphatic carbocycles. The van der Waals surface area contributed by atoms with Crippen molar-refractivity contribution >= 4 is 34.3 Å². The van der Waals surface area contributed by atoms with E-state index < -0.39 is 0 Å². The van der Waals surface area contributed by atoms with Crippen molar-refractivity contribution < 1.29 is 9.47 Å². The molecule has 0 bridgehead atoms. The third-order valence-corrected chi connectivity index (χ3v) is 5.49. The largest absolute Gasteiger partial charge is 0.424 e. The number of nitrogens with zero attached hydrogens (tertiary/aromatic N) is 3. The first-order valence-electron chi connectivity index (χ1n) is 10.5. The Bertz CT molecular complexity index is 1190. The van der Waals surface area contributed by atoms with Crippen molar-refractivity contribution in [2.75, 3.05) is 23.8 Å². The van der Waals surface area contributed by atoms with E-state index in [4.69, 9.17) is 21.1 Å².